The highest BCUT2D eigenvalue weighted by Crippen LogP contribution is 2.26. The Bertz CT molecular complexity index is 972. The number of carbonyl (C=O) groups is 2. The van der Waals surface area contributed by atoms with Gasteiger partial charge in [0.25, 0.3) is 0 Å². The first kappa shape index (κ1) is 22.8. The molecule has 0 amide bonds. The van der Waals surface area contributed by atoms with E-state index in [0.29, 0.717) is 22.0 Å². The quantitative estimate of drug-likeness (QED) is 0.205. The summed E-state index contributed by atoms with van der Waals surface area (Å²) in [7, 11) is 2.74. The summed E-state index contributed by atoms with van der Waals surface area (Å²) < 4.78 is 9.45. The molecule has 0 radical (unpaired) electrons. The number of methoxy groups -OCH3 is 2. The lowest BCUT2D eigenvalue weighted by molar-refractivity contribution is 0.0592. The maximum Gasteiger partial charge on any atom is 0.337 e. The predicted octanol–water partition coefficient (Wildman–Crippen LogP) is 4.94. The van der Waals surface area contributed by atoms with Gasteiger partial charge in [0.15, 0.2) is 5.16 Å². The number of hydrogen-bond donors (Lipinski definition) is 0. The zero-order valence-electron chi connectivity index (χ0n) is 17.5. The molecule has 3 aromatic rings. The number of ether oxygens (including phenoxy) is 2. The smallest absolute Gasteiger partial charge is 0.337 e. The van der Waals surface area contributed by atoms with Crippen LogP contribution in [-0.2, 0) is 21.0 Å². The largest absolute Gasteiger partial charge is 0.465 e. The lowest BCUT2D eigenvalue weighted by atomic mass is 10.1. The Morgan fingerprint density at radius 3 is 1.74 bits per heavy atom. The van der Waals surface area contributed by atoms with E-state index in [1.54, 1.807) is 47.8 Å². The van der Waals surface area contributed by atoms with Crippen molar-refractivity contribution in [3.05, 3.63) is 82.5 Å². The third kappa shape index (κ3) is 6.57. The van der Waals surface area contributed by atoms with Crippen molar-refractivity contribution in [2.45, 2.75) is 28.6 Å². The monoisotopic (exact) mass is 454 g/mol. The Kier molecular flexibility index (Phi) is 8.08. The number of thioether (sulfide) groups is 2. The number of hydrogen-bond acceptors (Lipinski definition) is 8. The fraction of sp³-hybridized carbons (Fsp3) is 0.217. The number of aryl methyl sites for hydroxylation is 1. The summed E-state index contributed by atoms with van der Waals surface area (Å²) in [5.74, 6) is 0.746. The first-order chi connectivity index (χ1) is 15.0. The number of nitrogens with zero attached hydrogens (tertiary/aromatic N) is 2. The van der Waals surface area contributed by atoms with Crippen molar-refractivity contribution >= 4 is 35.5 Å². The van der Waals surface area contributed by atoms with E-state index in [2.05, 4.69) is 9.97 Å². The van der Waals surface area contributed by atoms with Crippen LogP contribution >= 0.6 is 23.5 Å². The summed E-state index contributed by atoms with van der Waals surface area (Å²) in [4.78, 5) is 32.2. The molecular weight excluding hydrogens is 432 g/mol. The molecule has 0 fully saturated rings. The van der Waals surface area contributed by atoms with E-state index in [1.807, 2.05) is 37.3 Å². The van der Waals surface area contributed by atoms with E-state index >= 15 is 0 Å². The van der Waals surface area contributed by atoms with Gasteiger partial charge in [0.2, 0.25) is 0 Å². The van der Waals surface area contributed by atoms with Crippen molar-refractivity contribution in [3.8, 4) is 0 Å². The standard InChI is InChI=1S/C23H22N2O4S2/c1-15-12-20(30-13-16-4-8-18(9-5-16)21(26)28-2)25-23(24-15)31-14-17-6-10-19(11-7-17)22(27)29-3/h4-12H,13-14H2,1-3H3. The second kappa shape index (κ2) is 11.0. The first-order valence-corrected chi connectivity index (χ1v) is 11.4. The number of carbonyl (C=O) groups excluding carboxylic acids is 2. The molecule has 0 unspecified atom stereocenters. The van der Waals surface area contributed by atoms with Gasteiger partial charge >= 0.3 is 11.9 Å². The van der Waals surface area contributed by atoms with Crippen LogP contribution in [0.15, 0.2) is 64.8 Å². The second-order valence-electron chi connectivity index (χ2n) is 6.58. The average molecular weight is 455 g/mol. The number of benzene rings is 2. The Morgan fingerprint density at radius 1 is 0.774 bits per heavy atom. The SMILES string of the molecule is COC(=O)c1ccc(CSc2cc(C)nc(SCc3ccc(C(=O)OC)cc3)n2)cc1. The molecule has 6 nitrogen and oxygen atoms in total. The molecule has 0 atom stereocenters. The highest BCUT2D eigenvalue weighted by atomic mass is 32.2. The van der Waals surface area contributed by atoms with Gasteiger partial charge in [-0.25, -0.2) is 19.6 Å². The first-order valence-electron chi connectivity index (χ1n) is 9.44. The van der Waals surface area contributed by atoms with Crippen LogP contribution in [0, 0.1) is 6.92 Å². The lowest BCUT2D eigenvalue weighted by Crippen LogP contribution is -2.00. The summed E-state index contributed by atoms with van der Waals surface area (Å²) in [5, 5.41) is 1.61. The number of aromatic nitrogens is 2. The van der Waals surface area contributed by atoms with E-state index in [-0.39, 0.29) is 11.9 Å². The molecule has 0 aliphatic rings. The van der Waals surface area contributed by atoms with Gasteiger partial charge in [-0.1, -0.05) is 36.0 Å². The van der Waals surface area contributed by atoms with Crippen LogP contribution in [0.3, 0.4) is 0 Å². The van der Waals surface area contributed by atoms with Gasteiger partial charge in [0, 0.05) is 17.2 Å². The van der Waals surface area contributed by atoms with Crippen molar-refractivity contribution in [1.82, 2.24) is 9.97 Å². The molecule has 8 heteroatoms. The van der Waals surface area contributed by atoms with Crippen LogP contribution < -0.4 is 0 Å². The number of rotatable bonds is 8. The lowest BCUT2D eigenvalue weighted by Gasteiger charge is -2.07. The molecule has 0 aliphatic heterocycles. The average Bonchev–Trinajstić information content (AvgIpc) is 2.80. The molecule has 2 aromatic carbocycles. The fourth-order valence-electron chi connectivity index (χ4n) is 2.67. The zero-order valence-corrected chi connectivity index (χ0v) is 19.1. The maximum absolute atomic E-state index is 11.5. The normalized spacial score (nSPS) is 10.5. The van der Waals surface area contributed by atoms with Gasteiger partial charge in [-0.15, -0.1) is 11.8 Å². The van der Waals surface area contributed by atoms with Gasteiger partial charge in [-0.3, -0.25) is 0 Å². The Labute approximate surface area is 189 Å². The van der Waals surface area contributed by atoms with Crippen LogP contribution in [0.5, 0.6) is 0 Å². The number of esters is 2. The fourth-order valence-corrected chi connectivity index (χ4v) is 4.50. The van der Waals surface area contributed by atoms with Crippen molar-refractivity contribution in [2.75, 3.05) is 14.2 Å². The molecule has 0 N–H and O–H groups in total. The maximum atomic E-state index is 11.5. The summed E-state index contributed by atoms with van der Waals surface area (Å²) in [6, 6.07) is 16.6. The van der Waals surface area contributed by atoms with E-state index < -0.39 is 0 Å². The van der Waals surface area contributed by atoms with Crippen molar-refractivity contribution in [2.24, 2.45) is 0 Å². The molecule has 31 heavy (non-hydrogen) atoms. The van der Waals surface area contributed by atoms with E-state index in [0.717, 1.165) is 27.6 Å². The highest BCUT2D eigenvalue weighted by molar-refractivity contribution is 7.99. The van der Waals surface area contributed by atoms with Crippen LogP contribution in [-0.4, -0.2) is 36.1 Å². The van der Waals surface area contributed by atoms with Crippen LogP contribution in [0.1, 0.15) is 37.5 Å². The minimum Gasteiger partial charge on any atom is -0.465 e. The highest BCUT2D eigenvalue weighted by Gasteiger charge is 2.08. The van der Waals surface area contributed by atoms with Crippen LogP contribution in [0.4, 0.5) is 0 Å². The third-order valence-electron chi connectivity index (χ3n) is 4.31. The molecule has 0 bridgehead atoms. The summed E-state index contributed by atoms with van der Waals surface area (Å²) in [6.07, 6.45) is 0. The van der Waals surface area contributed by atoms with E-state index in [4.69, 9.17) is 9.47 Å². The molecule has 0 aliphatic carbocycles. The minimum atomic E-state index is -0.345. The van der Waals surface area contributed by atoms with Crippen LogP contribution in [0.2, 0.25) is 0 Å². The Balaban J connectivity index is 1.59. The Morgan fingerprint density at radius 2 is 1.26 bits per heavy atom. The molecule has 0 spiro atoms. The van der Waals surface area contributed by atoms with Gasteiger partial charge in [-0.05, 0) is 48.4 Å². The van der Waals surface area contributed by atoms with Crippen molar-refractivity contribution in [1.29, 1.82) is 0 Å². The van der Waals surface area contributed by atoms with Gasteiger partial charge < -0.3 is 9.47 Å². The van der Waals surface area contributed by atoms with Gasteiger partial charge in [0.05, 0.1) is 25.3 Å². The van der Waals surface area contributed by atoms with Crippen molar-refractivity contribution < 1.29 is 19.1 Å². The predicted molar refractivity (Wildman–Crippen MR) is 121 cm³/mol. The van der Waals surface area contributed by atoms with Crippen molar-refractivity contribution in [3.63, 3.8) is 0 Å². The molecule has 160 valence electrons. The van der Waals surface area contributed by atoms with Crippen LogP contribution in [0.25, 0.3) is 0 Å². The minimum absolute atomic E-state index is 0.341. The molecule has 1 heterocycles. The molecule has 3 rings (SSSR count). The van der Waals surface area contributed by atoms with E-state index in [9.17, 15) is 9.59 Å². The zero-order chi connectivity index (χ0) is 22.2. The topological polar surface area (TPSA) is 78.4 Å². The summed E-state index contributed by atoms with van der Waals surface area (Å²) >= 11 is 3.17. The summed E-state index contributed by atoms with van der Waals surface area (Å²) in [5.41, 5.74) is 4.13. The molecule has 0 saturated heterocycles. The van der Waals surface area contributed by atoms with Gasteiger partial charge in [-0.2, -0.15) is 0 Å². The Hall–Kier alpha value is -2.84. The molecule has 1 aromatic heterocycles. The van der Waals surface area contributed by atoms with Gasteiger partial charge in [0.1, 0.15) is 5.03 Å². The molecular formula is C23H22N2O4S2. The summed E-state index contributed by atoms with van der Waals surface area (Å²) in [6.45, 7) is 1.95. The second-order valence-corrected chi connectivity index (χ2v) is 8.52. The third-order valence-corrected chi connectivity index (χ3v) is 6.22. The van der Waals surface area contributed by atoms with E-state index in [1.165, 1.54) is 14.2 Å². The molecule has 0 saturated carbocycles.